The van der Waals surface area contributed by atoms with Gasteiger partial charge in [-0.1, -0.05) is 0 Å². The molecular formula is C14H14F3NO4. The molecule has 0 aliphatic heterocycles. The summed E-state index contributed by atoms with van der Waals surface area (Å²) in [5.41, 5.74) is -1.38. The van der Waals surface area contributed by atoms with Gasteiger partial charge in [0.1, 0.15) is 5.57 Å². The Morgan fingerprint density at radius 2 is 1.73 bits per heavy atom. The van der Waals surface area contributed by atoms with Gasteiger partial charge >= 0.3 is 5.97 Å². The molecule has 0 unspecified atom stereocenters. The van der Waals surface area contributed by atoms with Crippen LogP contribution in [0.1, 0.15) is 10.4 Å². The van der Waals surface area contributed by atoms with Crippen LogP contribution in [0.15, 0.2) is 17.8 Å². The molecule has 0 saturated heterocycles. The van der Waals surface area contributed by atoms with E-state index < -0.39 is 46.1 Å². The minimum Gasteiger partial charge on any atom is -0.491 e. The van der Waals surface area contributed by atoms with Crippen LogP contribution in [-0.2, 0) is 9.53 Å². The highest BCUT2D eigenvalue weighted by molar-refractivity contribution is 6.24. The van der Waals surface area contributed by atoms with Crippen molar-refractivity contribution in [3.05, 3.63) is 40.9 Å². The highest BCUT2D eigenvalue weighted by Gasteiger charge is 2.28. The molecule has 0 aliphatic carbocycles. The molecule has 5 nitrogen and oxygen atoms in total. The largest absolute Gasteiger partial charge is 0.491 e. The maximum atomic E-state index is 14.1. The van der Waals surface area contributed by atoms with Crippen LogP contribution in [0.3, 0.4) is 0 Å². The van der Waals surface area contributed by atoms with Crippen molar-refractivity contribution in [2.75, 3.05) is 28.3 Å². The molecule has 1 rings (SSSR count). The Labute approximate surface area is 124 Å². The molecule has 1 aromatic carbocycles. The van der Waals surface area contributed by atoms with Crippen LogP contribution < -0.4 is 4.74 Å². The summed E-state index contributed by atoms with van der Waals surface area (Å²) in [6.45, 7) is 0. The number of carbonyl (C=O) groups is 2. The number of ether oxygens (including phenoxy) is 2. The average molecular weight is 317 g/mol. The number of benzene rings is 1. The topological polar surface area (TPSA) is 55.8 Å². The quantitative estimate of drug-likeness (QED) is 0.207. The van der Waals surface area contributed by atoms with Gasteiger partial charge in [-0.25, -0.2) is 13.6 Å². The van der Waals surface area contributed by atoms with Crippen LogP contribution in [0.5, 0.6) is 5.75 Å². The van der Waals surface area contributed by atoms with E-state index in [4.69, 9.17) is 0 Å². The van der Waals surface area contributed by atoms with Crippen molar-refractivity contribution >= 4 is 11.8 Å². The summed E-state index contributed by atoms with van der Waals surface area (Å²) in [5.74, 6) is -7.68. The zero-order chi connectivity index (χ0) is 17.0. The summed E-state index contributed by atoms with van der Waals surface area (Å²) in [6.07, 6.45) is 1.08. The molecule has 0 bridgehead atoms. The maximum absolute atomic E-state index is 14.1. The van der Waals surface area contributed by atoms with E-state index in [-0.39, 0.29) is 0 Å². The van der Waals surface area contributed by atoms with Gasteiger partial charge in [-0.05, 0) is 6.07 Å². The van der Waals surface area contributed by atoms with E-state index >= 15 is 0 Å². The smallest absolute Gasteiger partial charge is 0.343 e. The Morgan fingerprint density at radius 1 is 1.14 bits per heavy atom. The van der Waals surface area contributed by atoms with E-state index in [1.165, 1.54) is 19.0 Å². The zero-order valence-corrected chi connectivity index (χ0v) is 12.4. The van der Waals surface area contributed by atoms with Gasteiger partial charge in [-0.2, -0.15) is 4.39 Å². The maximum Gasteiger partial charge on any atom is 0.343 e. The normalized spacial score (nSPS) is 11.1. The number of hydrogen-bond donors (Lipinski definition) is 0. The number of rotatable bonds is 5. The number of nitrogens with zero attached hydrogens (tertiary/aromatic N) is 1. The van der Waals surface area contributed by atoms with E-state index in [0.29, 0.717) is 6.07 Å². The molecule has 0 fully saturated rings. The summed E-state index contributed by atoms with van der Waals surface area (Å²) >= 11 is 0. The SMILES string of the molecule is COC(=O)/C(=C/N(C)C)C(=O)c1cc(F)c(F)c(OC)c1F. The second-order valence-corrected chi connectivity index (χ2v) is 4.39. The van der Waals surface area contributed by atoms with E-state index in [1.54, 1.807) is 0 Å². The van der Waals surface area contributed by atoms with Crippen molar-refractivity contribution in [3.8, 4) is 5.75 Å². The molecule has 0 heterocycles. The van der Waals surface area contributed by atoms with E-state index in [1.807, 2.05) is 0 Å². The number of hydrogen-bond acceptors (Lipinski definition) is 5. The molecule has 0 aliphatic rings. The first-order valence-electron chi connectivity index (χ1n) is 5.97. The van der Waals surface area contributed by atoms with E-state index in [0.717, 1.165) is 20.4 Å². The molecule has 120 valence electrons. The van der Waals surface area contributed by atoms with Gasteiger partial charge in [0.05, 0.1) is 19.8 Å². The molecule has 0 aromatic heterocycles. The number of halogens is 3. The zero-order valence-electron chi connectivity index (χ0n) is 12.4. The summed E-state index contributed by atoms with van der Waals surface area (Å²) in [7, 11) is 4.98. The standard InChI is InChI=1S/C14H14F3NO4/c1-18(2)6-8(14(20)22-4)12(19)7-5-9(15)11(17)13(21-3)10(7)16/h5-6H,1-4H3/b8-6+. The lowest BCUT2D eigenvalue weighted by Gasteiger charge is -2.12. The fourth-order valence-corrected chi connectivity index (χ4v) is 1.64. The average Bonchev–Trinajstić information content (AvgIpc) is 2.47. The van der Waals surface area contributed by atoms with Crippen LogP contribution in [0.25, 0.3) is 0 Å². The lowest BCUT2D eigenvalue weighted by atomic mass is 10.0. The van der Waals surface area contributed by atoms with Crippen LogP contribution in [-0.4, -0.2) is 45.0 Å². The Kier molecular flexibility index (Phi) is 5.56. The van der Waals surface area contributed by atoms with Crippen LogP contribution >= 0.6 is 0 Å². The third-order valence-electron chi connectivity index (χ3n) is 2.60. The summed E-state index contributed by atoms with van der Waals surface area (Å²) < 4.78 is 49.8. The molecule has 22 heavy (non-hydrogen) atoms. The second kappa shape index (κ2) is 6.97. The fraction of sp³-hybridized carbons (Fsp3) is 0.286. The number of methoxy groups -OCH3 is 2. The van der Waals surface area contributed by atoms with Gasteiger partial charge in [0.25, 0.3) is 0 Å². The van der Waals surface area contributed by atoms with Gasteiger partial charge in [-0.3, -0.25) is 4.79 Å². The number of esters is 1. The fourth-order valence-electron chi connectivity index (χ4n) is 1.64. The highest BCUT2D eigenvalue weighted by Crippen LogP contribution is 2.28. The number of carbonyl (C=O) groups excluding carboxylic acids is 2. The molecule has 0 radical (unpaired) electrons. The third kappa shape index (κ3) is 3.38. The third-order valence-corrected chi connectivity index (χ3v) is 2.60. The first-order chi connectivity index (χ1) is 10.2. The van der Waals surface area contributed by atoms with Crippen molar-refractivity contribution in [3.63, 3.8) is 0 Å². The molecule has 1 aromatic rings. The lowest BCUT2D eigenvalue weighted by molar-refractivity contribution is -0.135. The summed E-state index contributed by atoms with van der Waals surface area (Å²) in [5, 5.41) is 0. The molecule has 0 N–H and O–H groups in total. The molecule has 0 atom stereocenters. The first kappa shape index (κ1) is 17.5. The number of ketones is 1. The van der Waals surface area contributed by atoms with Gasteiger partial charge in [0, 0.05) is 20.3 Å². The van der Waals surface area contributed by atoms with Crippen molar-refractivity contribution in [2.45, 2.75) is 0 Å². The Bertz CT molecular complexity index is 641. The van der Waals surface area contributed by atoms with Crippen molar-refractivity contribution in [1.82, 2.24) is 4.90 Å². The predicted molar refractivity (Wildman–Crippen MR) is 71.0 cm³/mol. The van der Waals surface area contributed by atoms with E-state index in [9.17, 15) is 22.8 Å². The van der Waals surface area contributed by atoms with Crippen LogP contribution in [0.4, 0.5) is 13.2 Å². The predicted octanol–water partition coefficient (Wildman–Crippen LogP) is 1.91. The van der Waals surface area contributed by atoms with E-state index in [2.05, 4.69) is 9.47 Å². The lowest BCUT2D eigenvalue weighted by Crippen LogP contribution is -2.20. The Balaban J connectivity index is 3.50. The van der Waals surface area contributed by atoms with Gasteiger partial charge in [-0.15, -0.1) is 0 Å². The second-order valence-electron chi connectivity index (χ2n) is 4.39. The molecular weight excluding hydrogens is 303 g/mol. The first-order valence-corrected chi connectivity index (χ1v) is 5.97. The van der Waals surface area contributed by atoms with Crippen molar-refractivity contribution in [2.24, 2.45) is 0 Å². The molecule has 0 amide bonds. The van der Waals surface area contributed by atoms with Gasteiger partial charge < -0.3 is 14.4 Å². The summed E-state index contributed by atoms with van der Waals surface area (Å²) in [6, 6.07) is 0.363. The van der Waals surface area contributed by atoms with Crippen molar-refractivity contribution in [1.29, 1.82) is 0 Å². The minimum absolute atomic E-state index is 0.363. The minimum atomic E-state index is -1.56. The monoisotopic (exact) mass is 317 g/mol. The van der Waals surface area contributed by atoms with Gasteiger partial charge in [0.15, 0.2) is 17.4 Å². The van der Waals surface area contributed by atoms with Crippen LogP contribution in [0.2, 0.25) is 0 Å². The summed E-state index contributed by atoms with van der Waals surface area (Å²) in [4.78, 5) is 25.2. The Morgan fingerprint density at radius 3 is 2.18 bits per heavy atom. The number of Topliss-reactive ketones (excluding diaryl/α,β-unsaturated/α-hetero) is 1. The highest BCUT2D eigenvalue weighted by atomic mass is 19.2. The van der Waals surface area contributed by atoms with Gasteiger partial charge in [0.2, 0.25) is 11.6 Å². The molecule has 8 heteroatoms. The Hall–Kier alpha value is -2.51. The van der Waals surface area contributed by atoms with Crippen molar-refractivity contribution < 1.29 is 32.2 Å². The molecule has 0 spiro atoms. The molecule has 0 saturated carbocycles. The van der Waals surface area contributed by atoms with Crippen LogP contribution in [0, 0.1) is 17.5 Å².